The van der Waals surface area contributed by atoms with Gasteiger partial charge in [0.2, 0.25) is 5.91 Å². The Morgan fingerprint density at radius 3 is 2.16 bits per heavy atom. The third-order valence-corrected chi connectivity index (χ3v) is 2.71. The van der Waals surface area contributed by atoms with Gasteiger partial charge in [-0.1, -0.05) is 0 Å². The molecule has 1 amide bonds. The van der Waals surface area contributed by atoms with E-state index in [9.17, 15) is 9.90 Å². The van der Waals surface area contributed by atoms with Gasteiger partial charge in [0.15, 0.2) is 0 Å². The van der Waals surface area contributed by atoms with Crippen LogP contribution in [0.4, 0.5) is 0 Å². The van der Waals surface area contributed by atoms with Crippen LogP contribution < -0.4 is 5.32 Å². The maximum absolute atomic E-state index is 10.8. The molecule has 1 aromatic rings. The molecule has 106 valence electrons. The number of ether oxygens (including phenoxy) is 2. The molecule has 0 bridgehead atoms. The van der Waals surface area contributed by atoms with Crippen molar-refractivity contribution in [3.63, 3.8) is 0 Å². The van der Waals surface area contributed by atoms with Crippen LogP contribution in [0, 0.1) is 0 Å². The number of benzene rings is 1. The number of phenolic OH excluding ortho intramolecular Hbond substituents is 1. The Bertz CT molecular complexity index is 404. The highest BCUT2D eigenvalue weighted by Gasteiger charge is 2.10. The largest absolute Gasteiger partial charge is 0.507 e. The van der Waals surface area contributed by atoms with E-state index in [0.29, 0.717) is 26.2 Å². The van der Waals surface area contributed by atoms with Crippen LogP contribution in [0.3, 0.4) is 0 Å². The Balaban J connectivity index is 2.87. The Kier molecular flexibility index (Phi) is 6.32. The van der Waals surface area contributed by atoms with Crippen molar-refractivity contribution >= 4 is 5.91 Å². The number of nitrogens with one attached hydrogen (secondary N) is 1. The average molecular weight is 267 g/mol. The second-order valence-electron chi connectivity index (χ2n) is 4.36. The summed E-state index contributed by atoms with van der Waals surface area (Å²) in [5.74, 6) is 0.167. The maximum atomic E-state index is 10.8. The van der Waals surface area contributed by atoms with Crippen LogP contribution in [0.15, 0.2) is 12.1 Å². The van der Waals surface area contributed by atoms with Crippen molar-refractivity contribution in [1.82, 2.24) is 5.32 Å². The van der Waals surface area contributed by atoms with E-state index in [1.54, 1.807) is 14.2 Å². The second-order valence-corrected chi connectivity index (χ2v) is 4.36. The van der Waals surface area contributed by atoms with Gasteiger partial charge < -0.3 is 19.9 Å². The first kappa shape index (κ1) is 15.5. The van der Waals surface area contributed by atoms with Crippen molar-refractivity contribution in [2.75, 3.05) is 20.8 Å². The zero-order valence-electron chi connectivity index (χ0n) is 11.7. The van der Waals surface area contributed by atoms with Crippen LogP contribution in [0.2, 0.25) is 0 Å². The smallest absolute Gasteiger partial charge is 0.216 e. The summed E-state index contributed by atoms with van der Waals surface area (Å²) in [6.45, 7) is 2.75. The van der Waals surface area contributed by atoms with E-state index in [1.165, 1.54) is 6.92 Å². The summed E-state index contributed by atoms with van der Waals surface area (Å²) in [7, 11) is 3.17. The molecule has 1 aromatic carbocycles. The Hall–Kier alpha value is -1.59. The number of hydrogen-bond acceptors (Lipinski definition) is 4. The second kappa shape index (κ2) is 7.76. The predicted molar refractivity (Wildman–Crippen MR) is 71.9 cm³/mol. The number of methoxy groups -OCH3 is 2. The van der Waals surface area contributed by atoms with Crippen LogP contribution in [0.25, 0.3) is 0 Å². The molecule has 0 aliphatic carbocycles. The topological polar surface area (TPSA) is 67.8 Å². The van der Waals surface area contributed by atoms with E-state index in [1.807, 2.05) is 12.1 Å². The summed E-state index contributed by atoms with van der Waals surface area (Å²) >= 11 is 0. The van der Waals surface area contributed by atoms with Gasteiger partial charge in [0.05, 0.1) is 13.2 Å². The maximum Gasteiger partial charge on any atom is 0.216 e. The molecular weight excluding hydrogens is 246 g/mol. The highest BCUT2D eigenvalue weighted by molar-refractivity contribution is 5.72. The first-order chi connectivity index (χ1) is 9.08. The summed E-state index contributed by atoms with van der Waals surface area (Å²) in [6.07, 6.45) is 0.702. The number of amides is 1. The van der Waals surface area contributed by atoms with Crippen LogP contribution in [-0.4, -0.2) is 31.8 Å². The molecule has 0 unspecified atom stereocenters. The van der Waals surface area contributed by atoms with Gasteiger partial charge in [0.1, 0.15) is 5.75 Å². The monoisotopic (exact) mass is 267 g/mol. The molecule has 0 atom stereocenters. The molecule has 5 nitrogen and oxygen atoms in total. The predicted octanol–water partition coefficient (Wildman–Crippen LogP) is 1.36. The van der Waals surface area contributed by atoms with Gasteiger partial charge in [-0.25, -0.2) is 0 Å². The van der Waals surface area contributed by atoms with Crippen LogP contribution >= 0.6 is 0 Å². The van der Waals surface area contributed by atoms with Crippen LogP contribution in [0.1, 0.15) is 23.6 Å². The van der Waals surface area contributed by atoms with Gasteiger partial charge in [0.25, 0.3) is 0 Å². The number of hydrogen-bond donors (Lipinski definition) is 2. The molecule has 0 fully saturated rings. The molecular formula is C14H21NO4. The number of rotatable bonds is 7. The zero-order valence-corrected chi connectivity index (χ0v) is 11.7. The molecule has 0 heterocycles. The van der Waals surface area contributed by atoms with Crippen molar-refractivity contribution in [2.24, 2.45) is 0 Å². The summed E-state index contributed by atoms with van der Waals surface area (Å²) in [5, 5.41) is 12.8. The lowest BCUT2D eigenvalue weighted by Gasteiger charge is -2.12. The highest BCUT2D eigenvalue weighted by Crippen LogP contribution is 2.26. The van der Waals surface area contributed by atoms with Crippen LogP contribution in [0.5, 0.6) is 5.75 Å². The first-order valence-electron chi connectivity index (χ1n) is 6.14. The lowest BCUT2D eigenvalue weighted by atomic mass is 10.0. The standard InChI is InChI=1S/C14H21NO4/c1-10(16)15-5-4-11-6-12(8-18-2)14(17)13(7-11)9-19-3/h6-7,17H,4-5,8-9H2,1-3H3,(H,15,16). The van der Waals surface area contributed by atoms with Gasteiger partial charge in [-0.05, 0) is 24.1 Å². The molecule has 1 rings (SSSR count). The SMILES string of the molecule is COCc1cc(CCNC(C)=O)cc(COC)c1O. The summed E-state index contributed by atoms with van der Waals surface area (Å²) in [5.41, 5.74) is 2.50. The minimum Gasteiger partial charge on any atom is -0.507 e. The van der Waals surface area contributed by atoms with E-state index in [0.717, 1.165) is 16.7 Å². The number of phenols is 1. The van der Waals surface area contributed by atoms with Crippen molar-refractivity contribution in [3.8, 4) is 5.75 Å². The fraction of sp³-hybridized carbons (Fsp3) is 0.500. The lowest BCUT2D eigenvalue weighted by Crippen LogP contribution is -2.22. The molecule has 0 aliphatic heterocycles. The van der Waals surface area contributed by atoms with Crippen LogP contribution in [-0.2, 0) is 33.9 Å². The van der Waals surface area contributed by atoms with Gasteiger partial charge in [0, 0.05) is 38.8 Å². The molecule has 0 aromatic heterocycles. The molecule has 2 N–H and O–H groups in total. The molecule has 19 heavy (non-hydrogen) atoms. The third kappa shape index (κ3) is 4.89. The van der Waals surface area contributed by atoms with Crippen molar-refractivity contribution in [1.29, 1.82) is 0 Å². The van der Waals surface area contributed by atoms with E-state index in [4.69, 9.17) is 9.47 Å². The minimum absolute atomic E-state index is 0.0481. The van der Waals surface area contributed by atoms with E-state index in [-0.39, 0.29) is 11.7 Å². The number of carbonyl (C=O) groups is 1. The molecule has 0 aliphatic rings. The van der Waals surface area contributed by atoms with Gasteiger partial charge in [-0.15, -0.1) is 0 Å². The summed E-state index contributed by atoms with van der Waals surface area (Å²) in [4.78, 5) is 10.8. The Labute approximate surface area is 113 Å². The van der Waals surface area contributed by atoms with Gasteiger partial charge in [-0.2, -0.15) is 0 Å². The summed E-state index contributed by atoms with van der Waals surface area (Å²) < 4.78 is 10.1. The van der Waals surface area contributed by atoms with E-state index < -0.39 is 0 Å². The Morgan fingerprint density at radius 2 is 1.74 bits per heavy atom. The zero-order chi connectivity index (χ0) is 14.3. The molecule has 0 radical (unpaired) electrons. The van der Waals surface area contributed by atoms with E-state index in [2.05, 4.69) is 5.32 Å². The third-order valence-electron chi connectivity index (χ3n) is 2.71. The quantitative estimate of drug-likeness (QED) is 0.783. The van der Waals surface area contributed by atoms with E-state index >= 15 is 0 Å². The first-order valence-corrected chi connectivity index (χ1v) is 6.14. The fourth-order valence-electron chi connectivity index (χ4n) is 1.89. The number of aromatic hydroxyl groups is 1. The summed E-state index contributed by atoms with van der Waals surface area (Å²) in [6, 6.07) is 3.78. The van der Waals surface area contributed by atoms with Crippen molar-refractivity contribution in [2.45, 2.75) is 26.6 Å². The highest BCUT2D eigenvalue weighted by atomic mass is 16.5. The molecule has 0 saturated heterocycles. The number of carbonyl (C=O) groups excluding carboxylic acids is 1. The van der Waals surface area contributed by atoms with Gasteiger partial charge in [-0.3, -0.25) is 4.79 Å². The van der Waals surface area contributed by atoms with Crippen molar-refractivity contribution < 1.29 is 19.4 Å². The van der Waals surface area contributed by atoms with Gasteiger partial charge >= 0.3 is 0 Å². The minimum atomic E-state index is -0.0481. The Morgan fingerprint density at radius 1 is 1.21 bits per heavy atom. The molecule has 5 heteroatoms. The molecule has 0 spiro atoms. The molecule has 0 saturated carbocycles. The lowest BCUT2D eigenvalue weighted by molar-refractivity contribution is -0.118. The average Bonchev–Trinajstić information content (AvgIpc) is 2.35. The van der Waals surface area contributed by atoms with Crippen molar-refractivity contribution in [3.05, 3.63) is 28.8 Å². The normalized spacial score (nSPS) is 10.5. The fourth-order valence-corrected chi connectivity index (χ4v) is 1.89.